The van der Waals surface area contributed by atoms with Crippen LogP contribution in [0.15, 0.2) is 30.0 Å². The van der Waals surface area contributed by atoms with Crippen molar-refractivity contribution in [1.29, 1.82) is 5.41 Å². The van der Waals surface area contributed by atoms with E-state index >= 15 is 0 Å². The van der Waals surface area contributed by atoms with Crippen LogP contribution in [0, 0.1) is 23.0 Å². The van der Waals surface area contributed by atoms with E-state index in [9.17, 15) is 35.2 Å². The lowest BCUT2D eigenvalue weighted by molar-refractivity contribution is -0.128. The quantitative estimate of drug-likeness (QED) is 0.376. The Hall–Kier alpha value is -2.50. The third-order valence-electron chi connectivity index (χ3n) is 4.64. The molecular weight excluding hydrogens is 433 g/mol. The molecule has 1 amide bonds. The van der Waals surface area contributed by atoms with Gasteiger partial charge in [-0.05, 0) is 43.0 Å². The van der Waals surface area contributed by atoms with Gasteiger partial charge in [0.2, 0.25) is 0 Å². The molecule has 0 aromatic heterocycles. The summed E-state index contributed by atoms with van der Waals surface area (Å²) >= 11 is 0. The highest BCUT2D eigenvalue weighted by Crippen LogP contribution is 2.23. The molecule has 30 heavy (non-hydrogen) atoms. The SMILES string of the molecule is N=C(/C=C(\N)C(=O)N(CCC1CCS(=O)(=O)C1)Cc1cc(F)ccc1F)C(F)(F)F. The highest BCUT2D eigenvalue weighted by Gasteiger charge is 2.34. The Balaban J connectivity index is 2.23. The maximum Gasteiger partial charge on any atom is 0.432 e. The molecule has 1 aliphatic heterocycles. The van der Waals surface area contributed by atoms with Crippen molar-refractivity contribution in [1.82, 2.24) is 4.90 Å². The highest BCUT2D eigenvalue weighted by molar-refractivity contribution is 7.91. The lowest BCUT2D eigenvalue weighted by Crippen LogP contribution is -2.37. The van der Waals surface area contributed by atoms with Crippen molar-refractivity contribution in [2.75, 3.05) is 18.1 Å². The van der Waals surface area contributed by atoms with Crippen LogP contribution in [0.25, 0.3) is 0 Å². The summed E-state index contributed by atoms with van der Waals surface area (Å²) in [5, 5.41) is 6.94. The summed E-state index contributed by atoms with van der Waals surface area (Å²) < 4.78 is 88.2. The van der Waals surface area contributed by atoms with Crippen molar-refractivity contribution in [2.24, 2.45) is 11.7 Å². The van der Waals surface area contributed by atoms with Crippen LogP contribution in [-0.4, -0.2) is 49.2 Å². The summed E-state index contributed by atoms with van der Waals surface area (Å²) in [6, 6.07) is 2.55. The fraction of sp³-hybridized carbons (Fsp3) is 0.444. The number of benzene rings is 1. The number of allylic oxidation sites excluding steroid dienone is 1. The van der Waals surface area contributed by atoms with Gasteiger partial charge >= 0.3 is 6.18 Å². The number of halogens is 5. The Kier molecular flexibility index (Phi) is 7.22. The second kappa shape index (κ2) is 9.11. The fourth-order valence-corrected chi connectivity index (χ4v) is 4.95. The number of alkyl halides is 3. The van der Waals surface area contributed by atoms with E-state index in [-0.39, 0.29) is 42.0 Å². The minimum absolute atomic E-state index is 0.00503. The van der Waals surface area contributed by atoms with Gasteiger partial charge < -0.3 is 10.6 Å². The van der Waals surface area contributed by atoms with Crippen LogP contribution in [0.4, 0.5) is 22.0 Å². The number of rotatable bonds is 7. The van der Waals surface area contributed by atoms with Crippen LogP contribution >= 0.6 is 0 Å². The average molecular weight is 453 g/mol. The summed E-state index contributed by atoms with van der Waals surface area (Å²) in [6.07, 6.45) is -4.31. The zero-order valence-corrected chi connectivity index (χ0v) is 16.5. The predicted molar refractivity (Wildman–Crippen MR) is 99.2 cm³/mol. The third-order valence-corrected chi connectivity index (χ3v) is 6.48. The van der Waals surface area contributed by atoms with Crippen LogP contribution in [-0.2, 0) is 21.2 Å². The summed E-state index contributed by atoms with van der Waals surface area (Å²) in [5.74, 6) is -3.08. The minimum atomic E-state index is -5.01. The molecule has 0 bridgehead atoms. The molecule has 1 aliphatic rings. The molecule has 0 saturated carbocycles. The second-order valence-corrected chi connectivity index (χ2v) is 9.26. The normalized spacial score (nSPS) is 19.0. The molecule has 1 heterocycles. The van der Waals surface area contributed by atoms with Gasteiger partial charge in [0.15, 0.2) is 9.84 Å². The number of hydrogen-bond acceptors (Lipinski definition) is 5. The van der Waals surface area contributed by atoms with E-state index in [2.05, 4.69) is 0 Å². The van der Waals surface area contributed by atoms with Crippen molar-refractivity contribution in [3.05, 3.63) is 47.2 Å². The van der Waals surface area contributed by atoms with Crippen molar-refractivity contribution in [3.63, 3.8) is 0 Å². The van der Waals surface area contributed by atoms with Gasteiger partial charge in [0.05, 0.1) is 17.2 Å². The zero-order chi connectivity index (χ0) is 22.7. The first-order valence-corrected chi connectivity index (χ1v) is 10.7. The Morgan fingerprint density at radius 3 is 2.53 bits per heavy atom. The van der Waals surface area contributed by atoms with Gasteiger partial charge in [0.1, 0.15) is 17.3 Å². The number of amides is 1. The van der Waals surface area contributed by atoms with Crippen molar-refractivity contribution in [2.45, 2.75) is 25.6 Å². The van der Waals surface area contributed by atoms with Gasteiger partial charge in [0.25, 0.3) is 5.91 Å². The molecule has 0 radical (unpaired) electrons. The number of sulfone groups is 1. The van der Waals surface area contributed by atoms with Gasteiger partial charge in [-0.3, -0.25) is 10.2 Å². The summed E-state index contributed by atoms with van der Waals surface area (Å²) in [7, 11) is -3.19. The number of hydrogen-bond donors (Lipinski definition) is 2. The first kappa shape index (κ1) is 23.8. The Morgan fingerprint density at radius 2 is 1.97 bits per heavy atom. The largest absolute Gasteiger partial charge is 0.432 e. The van der Waals surface area contributed by atoms with Crippen LogP contribution in [0.3, 0.4) is 0 Å². The van der Waals surface area contributed by atoms with Crippen LogP contribution in [0.1, 0.15) is 18.4 Å². The molecule has 1 aromatic carbocycles. The van der Waals surface area contributed by atoms with Crippen molar-refractivity contribution < 1.29 is 35.2 Å². The first-order chi connectivity index (χ1) is 13.8. The number of nitrogens with zero attached hydrogens (tertiary/aromatic N) is 1. The Labute approximate surface area is 170 Å². The minimum Gasteiger partial charge on any atom is -0.394 e. The van der Waals surface area contributed by atoms with E-state index in [0.717, 1.165) is 23.1 Å². The molecule has 6 nitrogen and oxygen atoms in total. The fourth-order valence-electron chi connectivity index (χ4n) is 3.04. The summed E-state index contributed by atoms with van der Waals surface area (Å²) in [5.41, 5.74) is 2.47. The highest BCUT2D eigenvalue weighted by atomic mass is 32.2. The molecule has 1 unspecified atom stereocenters. The van der Waals surface area contributed by atoms with E-state index in [0.29, 0.717) is 6.42 Å². The second-order valence-electron chi connectivity index (χ2n) is 7.03. The third kappa shape index (κ3) is 6.51. The summed E-state index contributed by atoms with van der Waals surface area (Å²) in [4.78, 5) is 13.5. The van der Waals surface area contributed by atoms with Gasteiger partial charge in [-0.2, -0.15) is 13.2 Å². The van der Waals surface area contributed by atoms with Crippen LogP contribution in [0.2, 0.25) is 0 Å². The summed E-state index contributed by atoms with van der Waals surface area (Å²) in [6.45, 7) is -0.626. The molecule has 0 aliphatic carbocycles. The maximum atomic E-state index is 14.0. The average Bonchev–Trinajstić information content (AvgIpc) is 2.98. The smallest absolute Gasteiger partial charge is 0.394 e. The van der Waals surface area contributed by atoms with Gasteiger partial charge in [0, 0.05) is 18.7 Å². The maximum absolute atomic E-state index is 14.0. The van der Waals surface area contributed by atoms with Gasteiger partial charge in [-0.1, -0.05) is 0 Å². The van der Waals surface area contributed by atoms with E-state index in [1.54, 1.807) is 0 Å². The molecular formula is C18H20F5N3O3S. The number of nitrogens with two attached hydrogens (primary N) is 1. The van der Waals surface area contributed by atoms with Crippen LogP contribution in [0.5, 0.6) is 0 Å². The van der Waals surface area contributed by atoms with E-state index in [1.807, 2.05) is 0 Å². The predicted octanol–water partition coefficient (Wildman–Crippen LogP) is 2.54. The number of nitrogens with one attached hydrogen (secondary N) is 1. The monoisotopic (exact) mass is 453 g/mol. The molecule has 1 fully saturated rings. The molecule has 1 aromatic rings. The Morgan fingerprint density at radius 1 is 1.30 bits per heavy atom. The Bertz CT molecular complexity index is 960. The molecule has 1 atom stereocenters. The lowest BCUT2D eigenvalue weighted by Gasteiger charge is -2.24. The lowest BCUT2D eigenvalue weighted by atomic mass is 10.0. The van der Waals surface area contributed by atoms with Crippen molar-refractivity contribution >= 4 is 21.5 Å². The zero-order valence-electron chi connectivity index (χ0n) is 15.7. The standard InChI is InChI=1S/C18H20F5N3O3S/c19-13-1-2-14(20)12(7-13)9-26(5-3-11-4-6-30(28,29)10-11)17(27)15(24)8-16(25)18(21,22)23/h1-2,7-8,11,25H,3-6,9-10,24H2/b15-8-,25-16?. The first-order valence-electron chi connectivity index (χ1n) is 8.85. The van der Waals surface area contributed by atoms with Gasteiger partial charge in [-0.25, -0.2) is 17.2 Å². The molecule has 166 valence electrons. The molecule has 2 rings (SSSR count). The van der Waals surface area contributed by atoms with E-state index in [1.165, 1.54) is 0 Å². The number of carbonyl (C=O) groups excluding carboxylic acids is 1. The molecule has 12 heteroatoms. The van der Waals surface area contributed by atoms with Crippen molar-refractivity contribution in [3.8, 4) is 0 Å². The van der Waals surface area contributed by atoms with E-state index in [4.69, 9.17) is 11.1 Å². The van der Waals surface area contributed by atoms with E-state index < -0.39 is 51.5 Å². The topological polar surface area (TPSA) is 104 Å². The molecule has 1 saturated heterocycles. The molecule has 0 spiro atoms. The number of carbonyl (C=O) groups is 1. The molecule has 3 N–H and O–H groups in total. The van der Waals surface area contributed by atoms with Gasteiger partial charge in [-0.15, -0.1) is 0 Å². The van der Waals surface area contributed by atoms with Crippen LogP contribution < -0.4 is 5.73 Å².